The molecule has 4 heteroatoms. The fourth-order valence-corrected chi connectivity index (χ4v) is 0.604. The Morgan fingerprint density at radius 1 is 1.33 bits per heavy atom. The molecule has 3 nitrogen and oxygen atoms in total. The van der Waals surface area contributed by atoms with Crippen molar-refractivity contribution < 1.29 is 44.6 Å². The van der Waals surface area contributed by atoms with E-state index in [2.05, 4.69) is 13.8 Å². The number of phenolic OH excluding ortho intramolecular Hbond substituents is 1. The van der Waals surface area contributed by atoms with Crippen LogP contribution in [-0.2, 0) is 0 Å². The van der Waals surface area contributed by atoms with E-state index in [1.807, 2.05) is 0 Å². The van der Waals surface area contributed by atoms with Crippen LogP contribution in [0.1, 0.15) is 30.1 Å². The Kier molecular flexibility index (Phi) is 11.3. The summed E-state index contributed by atoms with van der Waals surface area (Å²) in [5.74, 6) is -0.912. The average molecular weight is 218 g/mol. The number of carbonyl (C=O) groups is 1. The Morgan fingerprint density at radius 3 is 2.00 bits per heavy atom. The van der Waals surface area contributed by atoms with Crippen LogP contribution in [0.5, 0.6) is 5.75 Å². The summed E-state index contributed by atoms with van der Waals surface area (Å²) in [5, 5.41) is 17.1. The Morgan fingerprint density at radius 2 is 1.73 bits per heavy atom. The molecule has 0 atom stereocenters. The maximum atomic E-state index is 10.2. The summed E-state index contributed by atoms with van der Waals surface area (Å²) in [4.78, 5) is 10.2. The molecule has 0 aliphatic heterocycles. The van der Waals surface area contributed by atoms with Crippen LogP contribution in [-0.4, -0.2) is 16.2 Å². The Labute approximate surface area is 112 Å². The van der Waals surface area contributed by atoms with Crippen LogP contribution in [0.2, 0.25) is 0 Å². The summed E-state index contributed by atoms with van der Waals surface area (Å²) in [6, 6.07) is 5.36. The first-order valence-electron chi connectivity index (χ1n) is 4.43. The van der Waals surface area contributed by atoms with Gasteiger partial charge in [-0.25, -0.2) is 4.79 Å². The molecular formula is C11H15NaO3. The van der Waals surface area contributed by atoms with Crippen molar-refractivity contribution in [1.29, 1.82) is 0 Å². The number of aromatic hydroxyl groups is 1. The van der Waals surface area contributed by atoms with E-state index >= 15 is 0 Å². The van der Waals surface area contributed by atoms with Crippen LogP contribution in [0, 0.1) is 6.92 Å². The zero-order valence-electron chi connectivity index (χ0n) is 9.23. The van der Waals surface area contributed by atoms with Crippen molar-refractivity contribution in [3.8, 4) is 5.75 Å². The third kappa shape index (κ3) is 8.48. The van der Waals surface area contributed by atoms with Crippen LogP contribution in [0.4, 0.5) is 0 Å². The quantitative estimate of drug-likeness (QED) is 0.530. The third-order valence-electron chi connectivity index (χ3n) is 1.47. The average Bonchev–Trinajstić information content (AvgIpc) is 2.19. The van der Waals surface area contributed by atoms with E-state index < -0.39 is 5.97 Å². The van der Waals surface area contributed by atoms with Crippen LogP contribution >= 0.6 is 0 Å². The smallest absolute Gasteiger partial charge is 0.508 e. The van der Waals surface area contributed by atoms with E-state index in [9.17, 15) is 4.79 Å². The monoisotopic (exact) mass is 218 g/mol. The summed E-state index contributed by atoms with van der Waals surface area (Å²) in [7, 11) is 0. The number of carboxylic acid groups (broad SMARTS) is 1. The number of unbranched alkanes of at least 4 members (excludes halogenated alkanes) is 1. The zero-order valence-corrected chi connectivity index (χ0v) is 11.2. The second-order valence-electron chi connectivity index (χ2n) is 2.71. The summed E-state index contributed by atoms with van der Waals surface area (Å²) >= 11 is 0. The van der Waals surface area contributed by atoms with Crippen LogP contribution in [0.25, 0.3) is 0 Å². The molecule has 0 heterocycles. The molecule has 0 radical (unpaired) electrons. The number of benzene rings is 1. The first-order valence-corrected chi connectivity index (χ1v) is 4.43. The summed E-state index contributed by atoms with van der Waals surface area (Å²) < 4.78 is 0. The molecule has 0 spiro atoms. The molecule has 0 fully saturated rings. The molecule has 1 rings (SSSR count). The van der Waals surface area contributed by atoms with Crippen molar-refractivity contribution in [2.45, 2.75) is 19.8 Å². The predicted molar refractivity (Wildman–Crippen MR) is 55.3 cm³/mol. The summed E-state index contributed by atoms with van der Waals surface area (Å²) in [6.07, 6.45) is 2.28. The maximum Gasteiger partial charge on any atom is 1.00 e. The van der Waals surface area contributed by atoms with Crippen molar-refractivity contribution in [1.82, 2.24) is 0 Å². The second kappa shape index (κ2) is 10.0. The normalized spacial score (nSPS) is 8.13. The van der Waals surface area contributed by atoms with E-state index in [0.717, 1.165) is 6.42 Å². The van der Waals surface area contributed by atoms with Gasteiger partial charge in [0.1, 0.15) is 5.75 Å². The predicted octanol–water partition coefficient (Wildman–Crippen LogP) is -0.285. The number of aromatic carboxylic acids is 1. The molecule has 15 heavy (non-hydrogen) atoms. The summed E-state index contributed by atoms with van der Waals surface area (Å²) in [5.41, 5.74) is 0.179. The first-order chi connectivity index (χ1) is 6.61. The topological polar surface area (TPSA) is 57.5 Å². The van der Waals surface area contributed by atoms with Gasteiger partial charge in [0.05, 0.1) is 5.56 Å². The minimum atomic E-state index is -0.986. The van der Waals surface area contributed by atoms with Gasteiger partial charge in [-0.2, -0.15) is 6.42 Å². The number of hydrogen-bond donors (Lipinski definition) is 2. The van der Waals surface area contributed by atoms with Gasteiger partial charge >= 0.3 is 35.5 Å². The van der Waals surface area contributed by atoms with E-state index in [4.69, 9.17) is 10.2 Å². The molecule has 0 aromatic heterocycles. The Hall–Kier alpha value is -0.510. The third-order valence-corrected chi connectivity index (χ3v) is 1.47. The second-order valence-corrected chi connectivity index (χ2v) is 2.71. The molecule has 0 aliphatic carbocycles. The number of hydrogen-bond acceptors (Lipinski definition) is 2. The number of rotatable bonds is 2. The Balaban J connectivity index is 0. The fourth-order valence-electron chi connectivity index (χ4n) is 0.604. The fraction of sp³-hybridized carbons (Fsp3) is 0.273. The Bertz CT molecular complexity index is 268. The van der Waals surface area contributed by atoms with Crippen molar-refractivity contribution in [3.63, 3.8) is 0 Å². The minimum Gasteiger partial charge on any atom is -0.508 e. The molecule has 0 aliphatic rings. The van der Waals surface area contributed by atoms with Gasteiger partial charge in [0.15, 0.2) is 0 Å². The van der Waals surface area contributed by atoms with E-state index in [1.165, 1.54) is 30.7 Å². The van der Waals surface area contributed by atoms with Crippen molar-refractivity contribution >= 4 is 5.97 Å². The number of carboxylic acids is 1. The van der Waals surface area contributed by atoms with E-state index in [0.29, 0.717) is 0 Å². The molecule has 0 unspecified atom stereocenters. The molecule has 2 N–H and O–H groups in total. The van der Waals surface area contributed by atoms with Gasteiger partial charge in [0, 0.05) is 0 Å². The van der Waals surface area contributed by atoms with Crippen molar-refractivity contribution in [2.24, 2.45) is 0 Å². The molecule has 78 valence electrons. The van der Waals surface area contributed by atoms with Gasteiger partial charge in [0.2, 0.25) is 0 Å². The van der Waals surface area contributed by atoms with E-state index in [1.54, 1.807) is 0 Å². The first kappa shape index (κ1) is 16.9. The zero-order chi connectivity index (χ0) is 11.0. The molecule has 0 saturated carbocycles. The molecule has 0 amide bonds. The molecule has 1 aromatic rings. The standard InChI is InChI=1S/C7H6O3.C4H9.Na/c8-6-3-1-5(2-4-6)7(9)10;1-3-4-2;/h1-4,8H,(H,9,10);1,3-4H2,2H3;/q;-1;+1. The largest absolute Gasteiger partial charge is 1.00 e. The van der Waals surface area contributed by atoms with Gasteiger partial charge in [-0.15, -0.1) is 0 Å². The van der Waals surface area contributed by atoms with Gasteiger partial charge < -0.3 is 17.1 Å². The molecule has 0 bridgehead atoms. The van der Waals surface area contributed by atoms with Gasteiger partial charge in [-0.05, 0) is 24.3 Å². The summed E-state index contributed by atoms with van der Waals surface area (Å²) in [6.45, 7) is 5.72. The molecule has 0 saturated heterocycles. The number of phenols is 1. The van der Waals surface area contributed by atoms with Gasteiger partial charge in [0.25, 0.3) is 0 Å². The minimum absolute atomic E-state index is 0. The SMILES string of the molecule is O=C(O)c1ccc(O)cc1.[CH2-]CCC.[Na+]. The maximum absolute atomic E-state index is 10.2. The van der Waals surface area contributed by atoms with E-state index in [-0.39, 0.29) is 40.9 Å². The van der Waals surface area contributed by atoms with Crippen molar-refractivity contribution in [3.05, 3.63) is 36.8 Å². The molecular weight excluding hydrogens is 203 g/mol. The van der Waals surface area contributed by atoms with Crippen LogP contribution < -0.4 is 29.6 Å². The van der Waals surface area contributed by atoms with Gasteiger partial charge in [-0.1, -0.05) is 13.3 Å². The van der Waals surface area contributed by atoms with Crippen LogP contribution in [0.3, 0.4) is 0 Å². The molecule has 1 aromatic carbocycles. The van der Waals surface area contributed by atoms with Crippen LogP contribution in [0.15, 0.2) is 24.3 Å². The van der Waals surface area contributed by atoms with Crippen molar-refractivity contribution in [2.75, 3.05) is 0 Å². The van der Waals surface area contributed by atoms with Gasteiger partial charge in [-0.3, -0.25) is 0 Å².